The molecular formula is C16H22FN3O. The van der Waals surface area contributed by atoms with E-state index in [1.54, 1.807) is 18.2 Å². The fraction of sp³-hybridized carbons (Fsp3) is 0.438. The Morgan fingerprint density at radius 2 is 2.05 bits per heavy atom. The van der Waals surface area contributed by atoms with Crippen LogP contribution in [0.1, 0.15) is 6.92 Å². The average Bonchev–Trinajstić information content (AvgIpc) is 2.52. The number of piperazine rings is 1. The summed E-state index contributed by atoms with van der Waals surface area (Å²) in [5, 5.41) is 2.81. The van der Waals surface area contributed by atoms with Gasteiger partial charge in [-0.25, -0.2) is 4.39 Å². The minimum atomic E-state index is -0.192. The Morgan fingerprint density at radius 1 is 1.38 bits per heavy atom. The van der Waals surface area contributed by atoms with Crippen molar-refractivity contribution < 1.29 is 9.18 Å². The van der Waals surface area contributed by atoms with Crippen LogP contribution in [0.15, 0.2) is 36.9 Å². The first-order valence-corrected chi connectivity index (χ1v) is 7.25. The quantitative estimate of drug-likeness (QED) is 0.838. The molecule has 0 unspecified atom stereocenters. The smallest absolute Gasteiger partial charge is 0.237 e. The van der Waals surface area contributed by atoms with Gasteiger partial charge in [0.15, 0.2) is 0 Å². The molecule has 1 aliphatic heterocycles. The van der Waals surface area contributed by atoms with E-state index in [1.165, 1.54) is 6.07 Å². The molecule has 2 rings (SSSR count). The maximum atomic E-state index is 13.8. The fourth-order valence-electron chi connectivity index (χ4n) is 2.54. The monoisotopic (exact) mass is 291 g/mol. The number of nitrogens with zero attached hydrogens (tertiary/aromatic N) is 2. The van der Waals surface area contributed by atoms with E-state index < -0.39 is 0 Å². The molecule has 0 saturated carbocycles. The Labute approximate surface area is 125 Å². The Bertz CT molecular complexity index is 498. The molecule has 1 amide bonds. The number of para-hydroxylation sites is 1. The lowest BCUT2D eigenvalue weighted by Gasteiger charge is -2.38. The summed E-state index contributed by atoms with van der Waals surface area (Å²) in [6.45, 7) is 8.91. The lowest BCUT2D eigenvalue weighted by atomic mass is 10.2. The Hall–Kier alpha value is -1.88. The van der Waals surface area contributed by atoms with E-state index in [0.29, 0.717) is 12.2 Å². The molecule has 114 valence electrons. The summed E-state index contributed by atoms with van der Waals surface area (Å²) in [6.07, 6.45) is 1.67. The third kappa shape index (κ3) is 3.82. The maximum Gasteiger partial charge on any atom is 0.237 e. The molecule has 1 N–H and O–H groups in total. The number of amides is 1. The Balaban J connectivity index is 1.90. The van der Waals surface area contributed by atoms with Gasteiger partial charge < -0.3 is 10.2 Å². The van der Waals surface area contributed by atoms with Gasteiger partial charge in [0, 0.05) is 32.7 Å². The van der Waals surface area contributed by atoms with Crippen LogP contribution in [0.2, 0.25) is 0 Å². The zero-order valence-electron chi connectivity index (χ0n) is 12.4. The van der Waals surface area contributed by atoms with E-state index in [4.69, 9.17) is 0 Å². The molecule has 0 bridgehead atoms. The summed E-state index contributed by atoms with van der Waals surface area (Å²) < 4.78 is 13.8. The van der Waals surface area contributed by atoms with Gasteiger partial charge in [-0.15, -0.1) is 6.58 Å². The van der Waals surface area contributed by atoms with Gasteiger partial charge in [-0.1, -0.05) is 18.2 Å². The first kappa shape index (κ1) is 15.5. The van der Waals surface area contributed by atoms with Crippen molar-refractivity contribution in [3.8, 4) is 0 Å². The summed E-state index contributed by atoms with van der Waals surface area (Å²) >= 11 is 0. The van der Waals surface area contributed by atoms with Gasteiger partial charge in [0.2, 0.25) is 5.91 Å². The van der Waals surface area contributed by atoms with Crippen molar-refractivity contribution in [3.63, 3.8) is 0 Å². The standard InChI is InChI=1S/C16H22FN3O/c1-3-8-18-16(21)13(2)19-9-11-20(12-10-19)15-7-5-4-6-14(15)17/h3-7,13H,1,8-12H2,2H3,(H,18,21)/t13-/m0/s1. The summed E-state index contributed by atoms with van der Waals surface area (Å²) in [5.74, 6) is -0.183. The SMILES string of the molecule is C=CCNC(=O)[C@H](C)N1CCN(c2ccccc2F)CC1. The molecule has 4 nitrogen and oxygen atoms in total. The van der Waals surface area contributed by atoms with E-state index >= 15 is 0 Å². The van der Waals surface area contributed by atoms with Crippen molar-refractivity contribution in [2.45, 2.75) is 13.0 Å². The van der Waals surface area contributed by atoms with E-state index in [0.717, 1.165) is 26.2 Å². The summed E-state index contributed by atoms with van der Waals surface area (Å²) in [7, 11) is 0. The van der Waals surface area contributed by atoms with Crippen LogP contribution in [0.4, 0.5) is 10.1 Å². The first-order chi connectivity index (χ1) is 10.1. The third-order valence-corrected chi connectivity index (χ3v) is 3.86. The van der Waals surface area contributed by atoms with Gasteiger partial charge in [-0.05, 0) is 19.1 Å². The lowest BCUT2D eigenvalue weighted by Crippen LogP contribution is -2.54. The van der Waals surface area contributed by atoms with Crippen LogP contribution in [-0.4, -0.2) is 49.6 Å². The molecule has 1 aromatic carbocycles. The highest BCUT2D eigenvalue weighted by Crippen LogP contribution is 2.20. The molecule has 0 aromatic heterocycles. The third-order valence-electron chi connectivity index (χ3n) is 3.86. The maximum absolute atomic E-state index is 13.8. The molecule has 0 aliphatic carbocycles. The molecule has 5 heteroatoms. The predicted molar refractivity (Wildman–Crippen MR) is 82.9 cm³/mol. The Kier molecular flexibility index (Phi) is 5.33. The summed E-state index contributed by atoms with van der Waals surface area (Å²) in [6, 6.07) is 6.64. The number of hydrogen-bond donors (Lipinski definition) is 1. The molecule has 1 saturated heterocycles. The van der Waals surface area contributed by atoms with Crippen molar-refractivity contribution in [1.29, 1.82) is 0 Å². The van der Waals surface area contributed by atoms with Crippen LogP contribution in [0.3, 0.4) is 0 Å². The number of carbonyl (C=O) groups is 1. The summed E-state index contributed by atoms with van der Waals surface area (Å²) in [4.78, 5) is 16.1. The lowest BCUT2D eigenvalue weighted by molar-refractivity contribution is -0.125. The van der Waals surface area contributed by atoms with Gasteiger partial charge in [-0.3, -0.25) is 9.69 Å². The normalized spacial score (nSPS) is 17.3. The second kappa shape index (κ2) is 7.22. The molecule has 21 heavy (non-hydrogen) atoms. The number of carbonyl (C=O) groups excluding carboxylic acids is 1. The number of nitrogens with one attached hydrogen (secondary N) is 1. The largest absolute Gasteiger partial charge is 0.367 e. The Morgan fingerprint density at radius 3 is 2.67 bits per heavy atom. The average molecular weight is 291 g/mol. The van der Waals surface area contributed by atoms with Crippen molar-refractivity contribution >= 4 is 11.6 Å². The van der Waals surface area contributed by atoms with Crippen molar-refractivity contribution in [3.05, 3.63) is 42.7 Å². The second-order valence-corrected chi connectivity index (χ2v) is 5.18. The molecular weight excluding hydrogens is 269 g/mol. The van der Waals surface area contributed by atoms with E-state index in [2.05, 4.69) is 16.8 Å². The van der Waals surface area contributed by atoms with Gasteiger partial charge in [0.1, 0.15) is 5.82 Å². The minimum absolute atomic E-state index is 0.00856. The molecule has 1 atom stereocenters. The molecule has 1 fully saturated rings. The van der Waals surface area contributed by atoms with Crippen LogP contribution < -0.4 is 10.2 Å². The van der Waals surface area contributed by atoms with Crippen LogP contribution in [-0.2, 0) is 4.79 Å². The summed E-state index contributed by atoms with van der Waals surface area (Å²) in [5.41, 5.74) is 0.640. The zero-order valence-corrected chi connectivity index (χ0v) is 12.4. The van der Waals surface area contributed by atoms with Gasteiger partial charge >= 0.3 is 0 Å². The van der Waals surface area contributed by atoms with Gasteiger partial charge in [0.05, 0.1) is 11.7 Å². The van der Waals surface area contributed by atoms with Crippen LogP contribution in [0.5, 0.6) is 0 Å². The second-order valence-electron chi connectivity index (χ2n) is 5.18. The number of anilines is 1. The number of benzene rings is 1. The first-order valence-electron chi connectivity index (χ1n) is 7.25. The van der Waals surface area contributed by atoms with Crippen molar-refractivity contribution in [2.75, 3.05) is 37.6 Å². The minimum Gasteiger partial charge on any atom is -0.367 e. The molecule has 1 aliphatic rings. The van der Waals surface area contributed by atoms with Gasteiger partial charge in [-0.2, -0.15) is 0 Å². The molecule has 0 spiro atoms. The number of halogens is 1. The topological polar surface area (TPSA) is 35.6 Å². The van der Waals surface area contributed by atoms with E-state index in [-0.39, 0.29) is 17.8 Å². The van der Waals surface area contributed by atoms with Crippen LogP contribution >= 0.6 is 0 Å². The fourth-order valence-corrected chi connectivity index (χ4v) is 2.54. The van der Waals surface area contributed by atoms with Crippen molar-refractivity contribution in [1.82, 2.24) is 10.2 Å². The number of hydrogen-bond acceptors (Lipinski definition) is 3. The van der Waals surface area contributed by atoms with Crippen molar-refractivity contribution in [2.24, 2.45) is 0 Å². The van der Waals surface area contributed by atoms with Crippen LogP contribution in [0, 0.1) is 5.82 Å². The number of rotatable bonds is 5. The highest BCUT2D eigenvalue weighted by Gasteiger charge is 2.26. The highest BCUT2D eigenvalue weighted by molar-refractivity contribution is 5.81. The molecule has 0 radical (unpaired) electrons. The highest BCUT2D eigenvalue weighted by atomic mass is 19.1. The molecule has 1 heterocycles. The van der Waals surface area contributed by atoms with E-state index in [9.17, 15) is 9.18 Å². The van der Waals surface area contributed by atoms with Crippen LogP contribution in [0.25, 0.3) is 0 Å². The van der Waals surface area contributed by atoms with Gasteiger partial charge in [0.25, 0.3) is 0 Å². The molecule has 1 aromatic rings. The van der Waals surface area contributed by atoms with E-state index in [1.807, 2.05) is 17.9 Å². The predicted octanol–water partition coefficient (Wildman–Crippen LogP) is 1.64. The zero-order chi connectivity index (χ0) is 15.2.